The molecule has 2 aromatic carbocycles. The molecule has 0 amide bonds. The molecule has 0 aliphatic heterocycles. The van der Waals surface area contributed by atoms with Gasteiger partial charge in [-0.2, -0.15) is 0 Å². The van der Waals surface area contributed by atoms with Crippen molar-refractivity contribution < 1.29 is 0 Å². The first-order valence-corrected chi connectivity index (χ1v) is 7.28. The molecule has 3 aromatic rings. The van der Waals surface area contributed by atoms with Gasteiger partial charge in [-0.3, -0.25) is 4.98 Å². The summed E-state index contributed by atoms with van der Waals surface area (Å²) in [5.74, 6) is 0. The maximum Gasteiger partial charge on any atom is 0.0423 e. The van der Waals surface area contributed by atoms with Gasteiger partial charge in [-0.25, -0.2) is 0 Å². The van der Waals surface area contributed by atoms with Crippen LogP contribution in [0.15, 0.2) is 48.8 Å². The monoisotopic (exact) mass is 276 g/mol. The van der Waals surface area contributed by atoms with Crippen molar-refractivity contribution in [3.8, 4) is 0 Å². The molecular weight excluding hydrogens is 256 g/mol. The fourth-order valence-corrected chi connectivity index (χ4v) is 2.95. The number of hydrogen-bond acceptors (Lipinski definition) is 2. The summed E-state index contributed by atoms with van der Waals surface area (Å²) in [4.78, 5) is 4.18. The quantitative estimate of drug-likeness (QED) is 0.745. The molecule has 106 valence electrons. The minimum absolute atomic E-state index is 0.847. The van der Waals surface area contributed by atoms with Crippen LogP contribution in [0.2, 0.25) is 0 Å². The minimum Gasteiger partial charge on any atom is -0.380 e. The number of hydrogen-bond donors (Lipinski definition) is 1. The third kappa shape index (κ3) is 2.75. The van der Waals surface area contributed by atoms with Crippen molar-refractivity contribution in [1.29, 1.82) is 0 Å². The number of anilines is 1. The van der Waals surface area contributed by atoms with Gasteiger partial charge in [0.1, 0.15) is 0 Å². The van der Waals surface area contributed by atoms with E-state index in [2.05, 4.69) is 67.5 Å². The van der Waals surface area contributed by atoms with Crippen LogP contribution in [-0.2, 0) is 6.54 Å². The van der Waals surface area contributed by atoms with E-state index in [1.165, 1.54) is 33.0 Å². The summed E-state index contributed by atoms with van der Waals surface area (Å²) in [5.41, 5.74) is 6.56. The average molecular weight is 276 g/mol. The van der Waals surface area contributed by atoms with Gasteiger partial charge in [-0.15, -0.1) is 0 Å². The Balaban J connectivity index is 1.91. The lowest BCUT2D eigenvalue weighted by atomic mass is 9.99. The topological polar surface area (TPSA) is 24.9 Å². The van der Waals surface area contributed by atoms with E-state index in [9.17, 15) is 0 Å². The van der Waals surface area contributed by atoms with Gasteiger partial charge in [-0.1, -0.05) is 29.8 Å². The Morgan fingerprint density at radius 3 is 2.52 bits per heavy atom. The van der Waals surface area contributed by atoms with Crippen LogP contribution >= 0.6 is 0 Å². The first-order chi connectivity index (χ1) is 10.1. The number of aryl methyl sites for hydroxylation is 3. The molecular formula is C19H20N2. The Labute approximate surface area is 125 Å². The van der Waals surface area contributed by atoms with Crippen LogP contribution < -0.4 is 5.32 Å². The average Bonchev–Trinajstić information content (AvgIpc) is 2.46. The number of nitrogens with one attached hydrogen (secondary N) is 1. The molecule has 1 N–H and O–H groups in total. The molecule has 0 radical (unpaired) electrons. The number of aromatic nitrogens is 1. The number of fused-ring (bicyclic) bond motifs is 1. The van der Waals surface area contributed by atoms with E-state index in [1.54, 1.807) is 0 Å². The zero-order valence-electron chi connectivity index (χ0n) is 12.8. The van der Waals surface area contributed by atoms with Crippen molar-refractivity contribution in [3.63, 3.8) is 0 Å². The molecule has 2 heteroatoms. The summed E-state index contributed by atoms with van der Waals surface area (Å²) < 4.78 is 0. The maximum atomic E-state index is 4.18. The number of rotatable bonds is 3. The lowest BCUT2D eigenvalue weighted by molar-refractivity contribution is 1.08. The van der Waals surface area contributed by atoms with Crippen molar-refractivity contribution in [1.82, 2.24) is 4.98 Å². The van der Waals surface area contributed by atoms with E-state index in [4.69, 9.17) is 0 Å². The summed E-state index contributed by atoms with van der Waals surface area (Å²) in [6.45, 7) is 7.36. The van der Waals surface area contributed by atoms with Crippen LogP contribution in [-0.4, -0.2) is 4.98 Å². The van der Waals surface area contributed by atoms with E-state index in [0.717, 1.165) is 12.2 Å². The molecule has 0 unspecified atom stereocenters. The highest BCUT2D eigenvalue weighted by molar-refractivity contribution is 5.93. The van der Waals surface area contributed by atoms with Crippen molar-refractivity contribution in [2.75, 3.05) is 5.32 Å². The predicted octanol–water partition coefficient (Wildman–Crippen LogP) is 4.77. The minimum atomic E-state index is 0.847. The normalized spacial score (nSPS) is 10.8. The second kappa shape index (κ2) is 5.57. The number of nitrogens with zero attached hydrogens (tertiary/aromatic N) is 1. The molecule has 1 aromatic heterocycles. The Morgan fingerprint density at radius 2 is 1.76 bits per heavy atom. The fourth-order valence-electron chi connectivity index (χ4n) is 2.95. The Hall–Kier alpha value is -2.35. The lowest BCUT2D eigenvalue weighted by Gasteiger charge is -2.14. The smallest absolute Gasteiger partial charge is 0.0423 e. The number of benzene rings is 2. The van der Waals surface area contributed by atoms with Gasteiger partial charge >= 0.3 is 0 Å². The van der Waals surface area contributed by atoms with E-state index >= 15 is 0 Å². The third-order valence-corrected chi connectivity index (χ3v) is 3.98. The maximum absolute atomic E-state index is 4.18. The highest BCUT2D eigenvalue weighted by atomic mass is 14.9. The molecule has 0 bridgehead atoms. The van der Waals surface area contributed by atoms with Crippen molar-refractivity contribution in [3.05, 3.63) is 71.0 Å². The van der Waals surface area contributed by atoms with Gasteiger partial charge < -0.3 is 5.32 Å². The van der Waals surface area contributed by atoms with Crippen LogP contribution in [0.3, 0.4) is 0 Å². The zero-order chi connectivity index (χ0) is 14.8. The molecule has 0 spiro atoms. The first-order valence-electron chi connectivity index (χ1n) is 7.28. The Bertz CT molecular complexity index is 762. The van der Waals surface area contributed by atoms with Gasteiger partial charge in [0.2, 0.25) is 0 Å². The van der Waals surface area contributed by atoms with E-state index in [-0.39, 0.29) is 0 Å². The Morgan fingerprint density at radius 1 is 1.00 bits per heavy atom. The standard InChI is InChI=1S/C19H20N2/c1-13-9-14(2)18(15(3)10-13)12-21-19-6-4-5-16-11-20-8-7-17(16)19/h4-11,21H,12H2,1-3H3. The Kier molecular flexibility index (Phi) is 3.61. The second-order valence-electron chi connectivity index (χ2n) is 5.63. The van der Waals surface area contributed by atoms with E-state index < -0.39 is 0 Å². The SMILES string of the molecule is Cc1cc(C)c(CNc2cccc3cnccc23)c(C)c1. The summed E-state index contributed by atoms with van der Waals surface area (Å²) in [7, 11) is 0. The molecule has 0 atom stereocenters. The summed E-state index contributed by atoms with van der Waals surface area (Å²) in [5, 5.41) is 5.96. The van der Waals surface area contributed by atoms with Gasteiger partial charge in [0.25, 0.3) is 0 Å². The highest BCUT2D eigenvalue weighted by Gasteiger charge is 2.05. The predicted molar refractivity (Wildman–Crippen MR) is 89.7 cm³/mol. The van der Waals surface area contributed by atoms with E-state index in [1.807, 2.05) is 12.4 Å². The third-order valence-electron chi connectivity index (χ3n) is 3.98. The largest absolute Gasteiger partial charge is 0.380 e. The number of pyridine rings is 1. The fraction of sp³-hybridized carbons (Fsp3) is 0.211. The molecule has 2 nitrogen and oxygen atoms in total. The van der Waals surface area contributed by atoms with Crippen LogP contribution in [0.1, 0.15) is 22.3 Å². The molecule has 0 saturated heterocycles. The molecule has 0 aliphatic carbocycles. The summed E-state index contributed by atoms with van der Waals surface area (Å²) >= 11 is 0. The first kappa shape index (κ1) is 13.6. The molecule has 21 heavy (non-hydrogen) atoms. The second-order valence-corrected chi connectivity index (χ2v) is 5.63. The molecule has 0 fully saturated rings. The van der Waals surface area contributed by atoms with E-state index in [0.29, 0.717) is 0 Å². The van der Waals surface area contributed by atoms with Crippen molar-refractivity contribution >= 4 is 16.5 Å². The van der Waals surface area contributed by atoms with Gasteiger partial charge in [0.15, 0.2) is 0 Å². The van der Waals surface area contributed by atoms with Crippen LogP contribution in [0.5, 0.6) is 0 Å². The van der Waals surface area contributed by atoms with Crippen LogP contribution in [0.4, 0.5) is 5.69 Å². The van der Waals surface area contributed by atoms with Gasteiger partial charge in [-0.05, 0) is 49.6 Å². The zero-order valence-corrected chi connectivity index (χ0v) is 12.8. The summed E-state index contributed by atoms with van der Waals surface area (Å²) in [6, 6.07) is 12.8. The molecule has 1 heterocycles. The lowest BCUT2D eigenvalue weighted by Crippen LogP contribution is -2.04. The van der Waals surface area contributed by atoms with Crippen LogP contribution in [0, 0.1) is 20.8 Å². The summed E-state index contributed by atoms with van der Waals surface area (Å²) in [6.07, 6.45) is 3.75. The molecule has 0 saturated carbocycles. The van der Waals surface area contributed by atoms with Crippen molar-refractivity contribution in [2.45, 2.75) is 27.3 Å². The van der Waals surface area contributed by atoms with Gasteiger partial charge in [0, 0.05) is 35.4 Å². The van der Waals surface area contributed by atoms with Gasteiger partial charge in [0.05, 0.1) is 0 Å². The highest BCUT2D eigenvalue weighted by Crippen LogP contribution is 2.24. The molecule has 3 rings (SSSR count). The molecule has 0 aliphatic rings. The van der Waals surface area contributed by atoms with Crippen LogP contribution in [0.25, 0.3) is 10.8 Å². The van der Waals surface area contributed by atoms with Crippen molar-refractivity contribution in [2.24, 2.45) is 0 Å².